The maximum absolute atomic E-state index is 5.61. The zero-order chi connectivity index (χ0) is 15.1. The molecule has 1 aromatic carbocycles. The monoisotopic (exact) mass is 295 g/mol. The van der Waals surface area contributed by atoms with Crippen molar-refractivity contribution in [1.29, 1.82) is 0 Å². The number of hydrogen-bond donors (Lipinski definition) is 1. The molecular weight excluding hydrogens is 270 g/mol. The number of rotatable bonds is 8. The van der Waals surface area contributed by atoms with Gasteiger partial charge in [-0.05, 0) is 38.5 Å². The Morgan fingerprint density at radius 2 is 1.76 bits per heavy atom. The summed E-state index contributed by atoms with van der Waals surface area (Å²) in [6.45, 7) is 9.21. The van der Waals surface area contributed by atoms with Gasteiger partial charge < -0.3 is 24.3 Å². The summed E-state index contributed by atoms with van der Waals surface area (Å²) >= 11 is 0. The molecule has 0 aliphatic carbocycles. The second-order valence-corrected chi connectivity index (χ2v) is 4.87. The average molecular weight is 295 g/mol. The number of benzene rings is 1. The Kier molecular flexibility index (Phi) is 6.29. The first-order valence-electron chi connectivity index (χ1n) is 7.60. The van der Waals surface area contributed by atoms with Crippen LogP contribution >= 0.6 is 0 Å². The first-order valence-corrected chi connectivity index (χ1v) is 7.60. The van der Waals surface area contributed by atoms with Gasteiger partial charge >= 0.3 is 0 Å². The molecule has 0 saturated carbocycles. The molecule has 1 aromatic rings. The Morgan fingerprint density at radius 1 is 1.10 bits per heavy atom. The molecule has 1 N–H and O–H groups in total. The predicted molar refractivity (Wildman–Crippen MR) is 80.9 cm³/mol. The third-order valence-electron chi connectivity index (χ3n) is 3.36. The molecule has 0 radical (unpaired) electrons. The van der Waals surface area contributed by atoms with Crippen molar-refractivity contribution in [1.82, 2.24) is 5.32 Å². The molecule has 1 aliphatic rings. The van der Waals surface area contributed by atoms with Crippen molar-refractivity contribution in [3.05, 3.63) is 23.8 Å². The molecule has 5 heteroatoms. The predicted octanol–water partition coefficient (Wildman–Crippen LogP) is 2.51. The van der Waals surface area contributed by atoms with Crippen LogP contribution in [0.5, 0.6) is 11.5 Å². The summed E-state index contributed by atoms with van der Waals surface area (Å²) in [5.74, 6) is 1.64. The quantitative estimate of drug-likeness (QED) is 0.747. The lowest BCUT2D eigenvalue weighted by atomic mass is 10.1. The van der Waals surface area contributed by atoms with Crippen LogP contribution in [0.4, 0.5) is 0 Å². The lowest BCUT2D eigenvalue weighted by Gasteiger charge is -2.23. The molecule has 118 valence electrons. The number of fused-ring (bicyclic) bond motifs is 1. The summed E-state index contributed by atoms with van der Waals surface area (Å²) in [4.78, 5) is 0. The second kappa shape index (κ2) is 8.22. The first-order chi connectivity index (χ1) is 10.2. The highest BCUT2D eigenvalue weighted by molar-refractivity contribution is 5.44. The van der Waals surface area contributed by atoms with E-state index in [1.54, 1.807) is 0 Å². The zero-order valence-corrected chi connectivity index (χ0v) is 13.1. The molecule has 21 heavy (non-hydrogen) atoms. The summed E-state index contributed by atoms with van der Waals surface area (Å²) in [6.07, 6.45) is -0.209. The van der Waals surface area contributed by atoms with Gasteiger partial charge in [0.15, 0.2) is 17.8 Å². The van der Waals surface area contributed by atoms with Crippen LogP contribution < -0.4 is 14.8 Å². The molecule has 0 aromatic heterocycles. The van der Waals surface area contributed by atoms with Crippen LogP contribution in [0.2, 0.25) is 0 Å². The SMILES string of the molecule is CCOC(CNC(C)c1ccc2c(c1)OCCO2)OCC. The van der Waals surface area contributed by atoms with Gasteiger partial charge in [0.25, 0.3) is 0 Å². The van der Waals surface area contributed by atoms with Crippen molar-refractivity contribution in [2.24, 2.45) is 0 Å². The van der Waals surface area contributed by atoms with Gasteiger partial charge in [0, 0.05) is 25.8 Å². The molecule has 1 aliphatic heterocycles. The molecular formula is C16H25NO4. The fourth-order valence-corrected chi connectivity index (χ4v) is 2.26. The van der Waals surface area contributed by atoms with E-state index in [1.807, 2.05) is 26.0 Å². The van der Waals surface area contributed by atoms with Crippen LogP contribution in [-0.2, 0) is 9.47 Å². The lowest BCUT2D eigenvalue weighted by Crippen LogP contribution is -2.33. The van der Waals surface area contributed by atoms with E-state index in [2.05, 4.69) is 18.3 Å². The zero-order valence-electron chi connectivity index (χ0n) is 13.1. The lowest BCUT2D eigenvalue weighted by molar-refractivity contribution is -0.133. The van der Waals surface area contributed by atoms with Crippen molar-refractivity contribution in [3.63, 3.8) is 0 Å². The van der Waals surface area contributed by atoms with Gasteiger partial charge in [-0.25, -0.2) is 0 Å². The van der Waals surface area contributed by atoms with Crippen LogP contribution in [0.15, 0.2) is 18.2 Å². The Balaban J connectivity index is 1.91. The molecule has 0 bridgehead atoms. The fraction of sp³-hybridized carbons (Fsp3) is 0.625. The molecule has 0 spiro atoms. The molecule has 0 amide bonds. The van der Waals surface area contributed by atoms with Crippen molar-refractivity contribution >= 4 is 0 Å². The Bertz CT molecular complexity index is 432. The van der Waals surface area contributed by atoms with Gasteiger partial charge in [0.2, 0.25) is 0 Å². The molecule has 5 nitrogen and oxygen atoms in total. The first kappa shape index (κ1) is 16.1. The van der Waals surface area contributed by atoms with Crippen LogP contribution in [0.3, 0.4) is 0 Å². The standard InChI is InChI=1S/C16H25NO4/c1-4-18-16(19-5-2)11-17-12(3)13-6-7-14-15(10-13)21-9-8-20-14/h6-7,10,12,16-17H,4-5,8-9,11H2,1-3H3. The Hall–Kier alpha value is -1.30. The van der Waals surface area contributed by atoms with Crippen molar-refractivity contribution in [2.45, 2.75) is 33.1 Å². The van der Waals surface area contributed by atoms with Gasteiger partial charge in [-0.3, -0.25) is 0 Å². The van der Waals surface area contributed by atoms with E-state index in [1.165, 1.54) is 0 Å². The van der Waals surface area contributed by atoms with Crippen LogP contribution in [-0.4, -0.2) is 39.3 Å². The highest BCUT2D eigenvalue weighted by atomic mass is 16.7. The summed E-state index contributed by atoms with van der Waals surface area (Å²) in [5, 5.41) is 3.43. The van der Waals surface area contributed by atoms with E-state index in [0.29, 0.717) is 33.0 Å². The van der Waals surface area contributed by atoms with Gasteiger partial charge in [-0.2, -0.15) is 0 Å². The number of hydrogen-bond acceptors (Lipinski definition) is 5. The largest absolute Gasteiger partial charge is 0.486 e. The van der Waals surface area contributed by atoms with Crippen molar-refractivity contribution in [2.75, 3.05) is 33.0 Å². The summed E-state index contributed by atoms with van der Waals surface area (Å²) in [7, 11) is 0. The highest BCUT2D eigenvalue weighted by Gasteiger charge is 2.15. The van der Waals surface area contributed by atoms with E-state index in [9.17, 15) is 0 Å². The van der Waals surface area contributed by atoms with Crippen molar-refractivity contribution < 1.29 is 18.9 Å². The smallest absolute Gasteiger partial charge is 0.169 e. The second-order valence-electron chi connectivity index (χ2n) is 4.87. The van der Waals surface area contributed by atoms with Crippen molar-refractivity contribution in [3.8, 4) is 11.5 Å². The van der Waals surface area contributed by atoms with Gasteiger partial charge in [-0.15, -0.1) is 0 Å². The average Bonchev–Trinajstić information content (AvgIpc) is 2.52. The van der Waals surface area contributed by atoms with Crippen LogP contribution in [0.1, 0.15) is 32.4 Å². The minimum atomic E-state index is -0.209. The number of nitrogens with one attached hydrogen (secondary N) is 1. The van der Waals surface area contributed by atoms with Crippen LogP contribution in [0.25, 0.3) is 0 Å². The molecule has 2 rings (SSSR count). The van der Waals surface area contributed by atoms with Gasteiger partial charge in [-0.1, -0.05) is 6.07 Å². The topological polar surface area (TPSA) is 49.0 Å². The number of ether oxygens (including phenoxy) is 4. The molecule has 0 saturated heterocycles. The molecule has 1 heterocycles. The Morgan fingerprint density at radius 3 is 2.43 bits per heavy atom. The van der Waals surface area contributed by atoms with E-state index in [-0.39, 0.29) is 12.3 Å². The minimum Gasteiger partial charge on any atom is -0.486 e. The molecule has 1 atom stereocenters. The molecule has 1 unspecified atom stereocenters. The van der Waals surface area contributed by atoms with E-state index in [4.69, 9.17) is 18.9 Å². The van der Waals surface area contributed by atoms with E-state index in [0.717, 1.165) is 17.1 Å². The van der Waals surface area contributed by atoms with Gasteiger partial charge in [0.1, 0.15) is 13.2 Å². The summed E-state index contributed by atoms with van der Waals surface area (Å²) < 4.78 is 22.2. The molecule has 0 fully saturated rings. The third-order valence-corrected chi connectivity index (χ3v) is 3.36. The maximum Gasteiger partial charge on any atom is 0.169 e. The highest BCUT2D eigenvalue weighted by Crippen LogP contribution is 2.32. The summed E-state index contributed by atoms with van der Waals surface area (Å²) in [6, 6.07) is 6.23. The third kappa shape index (κ3) is 4.59. The van der Waals surface area contributed by atoms with Gasteiger partial charge in [0.05, 0.1) is 0 Å². The normalized spacial score (nSPS) is 15.2. The van der Waals surface area contributed by atoms with E-state index < -0.39 is 0 Å². The minimum absolute atomic E-state index is 0.184. The Labute approximate surface area is 126 Å². The van der Waals surface area contributed by atoms with Crippen LogP contribution in [0, 0.1) is 0 Å². The summed E-state index contributed by atoms with van der Waals surface area (Å²) in [5.41, 5.74) is 1.16. The van der Waals surface area contributed by atoms with E-state index >= 15 is 0 Å². The maximum atomic E-state index is 5.61. The fourth-order valence-electron chi connectivity index (χ4n) is 2.26.